The van der Waals surface area contributed by atoms with Crippen LogP contribution in [-0.2, 0) is 20.1 Å². The lowest BCUT2D eigenvalue weighted by Crippen LogP contribution is -2.66. The molecule has 1 unspecified atom stereocenters. The zero-order chi connectivity index (χ0) is 19.0. The highest BCUT2D eigenvalue weighted by atomic mass is 16.6. The second kappa shape index (κ2) is 5.40. The summed E-state index contributed by atoms with van der Waals surface area (Å²) < 4.78 is 11.5. The standard InChI is InChI=1S/C21H20NO5/c1-22-12-11-19(18(24)26-2)17(13-7-3-4-8-13)27-21(25)15-10-6-5-9-14(15)16(23)20(19,21)22/h3-10,17,25H,11-12H2,1-2H3/t17-,19-,20?,21+/m0/s1. The predicted octanol–water partition coefficient (Wildman–Crippen LogP) is 1.07. The summed E-state index contributed by atoms with van der Waals surface area (Å²) in [4.78, 5) is 28.8. The van der Waals surface area contributed by atoms with E-state index < -0.39 is 28.8 Å². The average Bonchev–Trinajstić information content (AvgIpc) is 3.39. The van der Waals surface area contributed by atoms with Crippen molar-refractivity contribution < 1.29 is 24.2 Å². The van der Waals surface area contributed by atoms with Gasteiger partial charge < -0.3 is 14.6 Å². The third-order valence-corrected chi connectivity index (χ3v) is 6.69. The lowest BCUT2D eigenvalue weighted by Gasteiger charge is -2.43. The number of likely N-dealkylation sites (N-methyl/N-ethyl adjacent to an activating group) is 1. The predicted molar refractivity (Wildman–Crippen MR) is 94.4 cm³/mol. The van der Waals surface area contributed by atoms with Crippen LogP contribution in [0.2, 0.25) is 0 Å². The molecule has 5 rings (SSSR count). The minimum absolute atomic E-state index is 0.292. The molecule has 1 aromatic rings. The van der Waals surface area contributed by atoms with Crippen LogP contribution in [0, 0.1) is 37.0 Å². The van der Waals surface area contributed by atoms with Crippen molar-refractivity contribution in [2.75, 3.05) is 20.7 Å². The number of likely N-dealkylation sites (tertiary alicyclic amines) is 1. The Bertz CT molecular complexity index is 834. The van der Waals surface area contributed by atoms with E-state index in [0.717, 1.165) is 5.92 Å². The van der Waals surface area contributed by atoms with Crippen molar-refractivity contribution in [3.05, 3.63) is 67.0 Å². The van der Waals surface area contributed by atoms with Gasteiger partial charge in [-0.15, -0.1) is 0 Å². The summed E-state index contributed by atoms with van der Waals surface area (Å²) >= 11 is 0. The van der Waals surface area contributed by atoms with E-state index in [1.54, 1.807) is 36.2 Å². The zero-order valence-corrected chi connectivity index (χ0v) is 15.1. The number of esters is 1. The molecule has 4 atom stereocenters. The molecule has 139 valence electrons. The lowest BCUT2D eigenvalue weighted by atomic mass is 9.62. The van der Waals surface area contributed by atoms with E-state index in [-0.39, 0.29) is 5.78 Å². The summed E-state index contributed by atoms with van der Waals surface area (Å²) in [7, 11) is 3.07. The molecule has 1 N–H and O–H groups in total. The van der Waals surface area contributed by atoms with E-state index in [4.69, 9.17) is 9.47 Å². The van der Waals surface area contributed by atoms with Crippen LogP contribution in [0.15, 0.2) is 24.3 Å². The SMILES string of the molecule is COC(=O)[C@@]12CCN(C)C13C(=O)c1ccccc1[C@@]3(O)O[C@H]2[C]1[CH][CH][CH][CH]1. The Kier molecular flexibility index (Phi) is 3.47. The molecule has 0 aromatic heterocycles. The Morgan fingerprint density at radius 2 is 2.00 bits per heavy atom. The van der Waals surface area contributed by atoms with Gasteiger partial charge in [-0.2, -0.15) is 0 Å². The van der Waals surface area contributed by atoms with E-state index in [9.17, 15) is 14.7 Å². The van der Waals surface area contributed by atoms with Gasteiger partial charge >= 0.3 is 5.97 Å². The number of aliphatic hydroxyl groups is 1. The first-order chi connectivity index (χ1) is 12.9. The molecule has 27 heavy (non-hydrogen) atoms. The van der Waals surface area contributed by atoms with E-state index >= 15 is 0 Å². The van der Waals surface area contributed by atoms with Crippen molar-refractivity contribution in [1.29, 1.82) is 0 Å². The molecule has 6 heteroatoms. The van der Waals surface area contributed by atoms with Crippen LogP contribution in [0.3, 0.4) is 0 Å². The van der Waals surface area contributed by atoms with Gasteiger partial charge in [0.05, 0.1) is 13.2 Å². The smallest absolute Gasteiger partial charge is 0.317 e. The molecule has 3 fully saturated rings. The number of carbonyl (C=O) groups excluding carboxylic acids is 2. The molecule has 0 amide bonds. The lowest BCUT2D eigenvalue weighted by molar-refractivity contribution is -0.231. The van der Waals surface area contributed by atoms with Gasteiger partial charge in [0.15, 0.2) is 11.3 Å². The maximum Gasteiger partial charge on any atom is 0.317 e. The summed E-state index contributed by atoms with van der Waals surface area (Å²) in [5, 5.41) is 11.9. The fraction of sp³-hybridized carbons (Fsp3) is 0.381. The number of Topliss-reactive ketones (excluding diaryl/α,β-unsaturated/α-hetero) is 1. The Morgan fingerprint density at radius 1 is 1.30 bits per heavy atom. The molecule has 0 bridgehead atoms. The highest BCUT2D eigenvalue weighted by Crippen LogP contribution is 2.69. The maximum absolute atomic E-state index is 13.7. The van der Waals surface area contributed by atoms with E-state index in [1.807, 2.05) is 25.7 Å². The highest BCUT2D eigenvalue weighted by Gasteiger charge is 2.87. The molecule has 2 aliphatic heterocycles. The third kappa shape index (κ3) is 1.65. The number of nitrogens with zero attached hydrogens (tertiary/aromatic N) is 1. The fourth-order valence-corrected chi connectivity index (χ4v) is 5.69. The van der Waals surface area contributed by atoms with Crippen molar-refractivity contribution in [3.8, 4) is 0 Å². The third-order valence-electron chi connectivity index (χ3n) is 6.69. The summed E-state index contributed by atoms with van der Waals surface area (Å²) in [6, 6.07) is 6.89. The number of methoxy groups -OCH3 is 1. The largest absolute Gasteiger partial charge is 0.468 e. The van der Waals surface area contributed by atoms with Gasteiger partial charge in [-0.3, -0.25) is 14.5 Å². The normalized spacial score (nSPS) is 40.9. The van der Waals surface area contributed by atoms with Crippen LogP contribution < -0.4 is 0 Å². The first-order valence-electron chi connectivity index (χ1n) is 9.01. The van der Waals surface area contributed by atoms with Gasteiger partial charge in [0.1, 0.15) is 5.41 Å². The van der Waals surface area contributed by atoms with Crippen molar-refractivity contribution in [1.82, 2.24) is 4.90 Å². The number of ether oxygens (including phenoxy) is 2. The summed E-state index contributed by atoms with van der Waals surface area (Å²) in [6.45, 7) is 0.470. The van der Waals surface area contributed by atoms with Gasteiger partial charge in [-0.1, -0.05) is 24.3 Å². The number of benzene rings is 1. The van der Waals surface area contributed by atoms with Crippen LogP contribution in [-0.4, -0.2) is 54.1 Å². The average molecular weight is 366 g/mol. The molecule has 1 aromatic carbocycles. The number of hydrogen-bond donors (Lipinski definition) is 1. The molecule has 2 aliphatic carbocycles. The Balaban J connectivity index is 1.81. The second-order valence-corrected chi connectivity index (χ2v) is 7.58. The van der Waals surface area contributed by atoms with Gasteiger partial charge in [-0.05, 0) is 39.2 Å². The fourth-order valence-electron chi connectivity index (χ4n) is 5.69. The van der Waals surface area contributed by atoms with Gasteiger partial charge in [0.2, 0.25) is 5.79 Å². The summed E-state index contributed by atoms with van der Waals surface area (Å²) in [5.74, 6) is -2.00. The van der Waals surface area contributed by atoms with Crippen molar-refractivity contribution in [2.45, 2.75) is 23.9 Å². The molecule has 2 saturated heterocycles. The molecule has 4 aliphatic rings. The summed E-state index contributed by atoms with van der Waals surface area (Å²) in [6.07, 6.45) is 6.97. The van der Waals surface area contributed by atoms with Gasteiger partial charge in [-0.25, -0.2) is 0 Å². The minimum atomic E-state index is -1.93. The molecule has 1 saturated carbocycles. The number of rotatable bonds is 2. The second-order valence-electron chi connectivity index (χ2n) is 7.58. The van der Waals surface area contributed by atoms with E-state index in [1.165, 1.54) is 7.11 Å². The van der Waals surface area contributed by atoms with E-state index in [2.05, 4.69) is 0 Å². The highest BCUT2D eigenvalue weighted by molar-refractivity contribution is 6.13. The first kappa shape index (κ1) is 17.3. The number of hydrogen-bond acceptors (Lipinski definition) is 6. The summed E-state index contributed by atoms with van der Waals surface area (Å²) in [5.41, 5.74) is -2.09. The van der Waals surface area contributed by atoms with Crippen LogP contribution >= 0.6 is 0 Å². The molecule has 5 radical (unpaired) electrons. The van der Waals surface area contributed by atoms with Crippen molar-refractivity contribution in [3.63, 3.8) is 0 Å². The van der Waals surface area contributed by atoms with Crippen molar-refractivity contribution in [2.24, 2.45) is 5.41 Å². The van der Waals surface area contributed by atoms with Crippen molar-refractivity contribution >= 4 is 11.8 Å². The molecule has 6 nitrogen and oxygen atoms in total. The van der Waals surface area contributed by atoms with Crippen LogP contribution in [0.5, 0.6) is 0 Å². The van der Waals surface area contributed by atoms with E-state index in [0.29, 0.717) is 24.1 Å². The van der Waals surface area contributed by atoms with Gasteiger partial charge in [0, 0.05) is 23.6 Å². The Hall–Kier alpha value is -1.76. The zero-order valence-electron chi connectivity index (χ0n) is 15.1. The topological polar surface area (TPSA) is 76.1 Å². The Morgan fingerprint density at radius 3 is 2.70 bits per heavy atom. The minimum Gasteiger partial charge on any atom is -0.468 e. The quantitative estimate of drug-likeness (QED) is 0.789. The van der Waals surface area contributed by atoms with Gasteiger partial charge in [0.25, 0.3) is 0 Å². The number of carbonyl (C=O) groups is 2. The number of fused-ring (bicyclic) bond motifs is 2. The van der Waals surface area contributed by atoms with Crippen LogP contribution in [0.1, 0.15) is 22.3 Å². The first-order valence-corrected chi connectivity index (χ1v) is 9.01. The van der Waals surface area contributed by atoms with Crippen LogP contribution in [0.25, 0.3) is 0 Å². The molecule has 1 spiro atoms. The maximum atomic E-state index is 13.7. The molecular formula is C21H20NO5. The monoisotopic (exact) mass is 366 g/mol. The Labute approximate surface area is 158 Å². The van der Waals surface area contributed by atoms with Crippen LogP contribution in [0.4, 0.5) is 0 Å². The molecular weight excluding hydrogens is 346 g/mol. The number of ketones is 1. The molecule has 2 heterocycles.